The van der Waals surface area contributed by atoms with E-state index in [1.165, 1.54) is 0 Å². The maximum atomic E-state index is 5.48. The molecule has 0 fully saturated rings. The Morgan fingerprint density at radius 3 is 1.27 bits per heavy atom. The Labute approximate surface area is 115 Å². The normalized spacial score (nSPS) is 8.13. The average molecular weight is 271 g/mol. The van der Waals surface area contributed by atoms with Crippen molar-refractivity contribution in [3.63, 3.8) is 0 Å². The maximum absolute atomic E-state index is 5.48. The van der Waals surface area contributed by atoms with Crippen molar-refractivity contribution in [3.05, 3.63) is 70.7 Å². The number of rotatable bonds is 0. The van der Waals surface area contributed by atoms with Crippen LogP contribution in [0.1, 0.15) is 0 Å². The molecule has 2 rings (SSSR count). The van der Waals surface area contributed by atoms with E-state index in [-0.39, 0.29) is 21.7 Å². The summed E-state index contributed by atoms with van der Waals surface area (Å²) in [5, 5.41) is 1.34. The van der Waals surface area contributed by atoms with Crippen molar-refractivity contribution >= 4 is 23.2 Å². The summed E-state index contributed by atoms with van der Waals surface area (Å²) in [7, 11) is 0. The van der Waals surface area contributed by atoms with Crippen LogP contribution in [0.2, 0.25) is 10.0 Å². The molecule has 0 radical (unpaired) electrons. The van der Waals surface area contributed by atoms with E-state index in [0.717, 1.165) is 0 Å². The zero-order chi connectivity index (χ0) is 10.2. The monoisotopic (exact) mass is 270 g/mol. The van der Waals surface area contributed by atoms with Crippen LogP contribution in [-0.2, 0) is 21.7 Å². The average Bonchev–Trinajstić information content (AvgIpc) is 2.21. The molecule has 2 aromatic rings. The summed E-state index contributed by atoms with van der Waals surface area (Å²) < 4.78 is 0. The summed E-state index contributed by atoms with van der Waals surface area (Å²) in [5.74, 6) is 0. The van der Waals surface area contributed by atoms with Gasteiger partial charge >= 0.3 is 21.7 Å². The second-order valence-electron chi connectivity index (χ2n) is 2.42. The Kier molecular flexibility index (Phi) is 8.84. The van der Waals surface area contributed by atoms with Gasteiger partial charge in [-0.15, -0.1) is 23.2 Å². The number of hydrogen-bond donors (Lipinski definition) is 0. The molecule has 0 aliphatic carbocycles. The zero-order valence-corrected chi connectivity index (χ0v) is 10.9. The van der Waals surface area contributed by atoms with Gasteiger partial charge in [-0.1, -0.05) is 10.0 Å². The molecule has 0 nitrogen and oxygen atoms in total. The summed E-state index contributed by atoms with van der Waals surface area (Å²) in [6.07, 6.45) is 0. The fourth-order valence-electron chi connectivity index (χ4n) is 0.743. The molecule has 0 N–H and O–H groups in total. The van der Waals surface area contributed by atoms with E-state index in [1.807, 2.05) is 24.3 Å². The Balaban J connectivity index is 0.000000245. The third-order valence-corrected chi connectivity index (χ3v) is 1.81. The van der Waals surface area contributed by atoms with Gasteiger partial charge in [0.1, 0.15) is 0 Å². The minimum Gasteiger partial charge on any atom is -0.176 e. The first-order valence-electron chi connectivity index (χ1n) is 4.03. The molecule has 15 heavy (non-hydrogen) atoms. The molecule has 0 heterocycles. The largest absolute Gasteiger partial charge is 2.00 e. The molecule has 3 heteroatoms. The second kappa shape index (κ2) is 9.00. The molecular weight excluding hydrogens is 263 g/mol. The Morgan fingerprint density at radius 1 is 0.733 bits per heavy atom. The van der Waals surface area contributed by atoms with E-state index in [9.17, 15) is 0 Å². The van der Waals surface area contributed by atoms with Gasteiger partial charge in [-0.25, -0.2) is 0 Å². The van der Waals surface area contributed by atoms with Gasteiger partial charge in [0, 0.05) is 0 Å². The van der Waals surface area contributed by atoms with Crippen molar-refractivity contribution in [2.75, 3.05) is 0 Å². The van der Waals surface area contributed by atoms with Crippen molar-refractivity contribution in [3.8, 4) is 0 Å². The fourth-order valence-corrected chi connectivity index (χ4v) is 1.01. The van der Waals surface area contributed by atoms with Gasteiger partial charge in [0.15, 0.2) is 0 Å². The quantitative estimate of drug-likeness (QED) is 0.495. The summed E-state index contributed by atoms with van der Waals surface area (Å²) >= 11 is 11.0. The van der Waals surface area contributed by atoms with Crippen LogP contribution < -0.4 is 0 Å². The Morgan fingerprint density at radius 2 is 1.13 bits per heavy atom. The zero-order valence-electron chi connectivity index (χ0n) is 7.87. The molecular formula is C12H8Cl2Ti. The molecule has 74 valence electrons. The molecule has 0 aromatic heterocycles. The van der Waals surface area contributed by atoms with Gasteiger partial charge < -0.3 is 0 Å². The molecule has 0 aliphatic rings. The molecule has 0 amide bonds. The van der Waals surface area contributed by atoms with E-state index >= 15 is 0 Å². The molecule has 0 spiro atoms. The first-order valence-corrected chi connectivity index (χ1v) is 4.79. The van der Waals surface area contributed by atoms with Crippen LogP contribution in [0.3, 0.4) is 0 Å². The molecule has 0 saturated carbocycles. The van der Waals surface area contributed by atoms with Crippen molar-refractivity contribution in [1.82, 2.24) is 0 Å². The predicted octanol–water partition coefficient (Wildman–Crippen LogP) is 4.28. The summed E-state index contributed by atoms with van der Waals surface area (Å²) in [6, 6.07) is 20.2. The minimum atomic E-state index is 0. The van der Waals surface area contributed by atoms with Crippen molar-refractivity contribution in [1.29, 1.82) is 0 Å². The van der Waals surface area contributed by atoms with E-state index in [1.54, 1.807) is 24.3 Å². The molecule has 0 bridgehead atoms. The minimum absolute atomic E-state index is 0. The fraction of sp³-hybridized carbons (Fsp3) is 0. The van der Waals surface area contributed by atoms with Crippen LogP contribution in [-0.4, -0.2) is 0 Å². The number of benzene rings is 2. The van der Waals surface area contributed by atoms with Gasteiger partial charge in [-0.05, 0) is 0 Å². The van der Waals surface area contributed by atoms with E-state index in [2.05, 4.69) is 12.1 Å². The van der Waals surface area contributed by atoms with E-state index in [4.69, 9.17) is 23.2 Å². The van der Waals surface area contributed by atoms with Crippen molar-refractivity contribution in [2.45, 2.75) is 0 Å². The SMILES string of the molecule is Clc1[c-]cccc1.Clc1[c-]cccc1.[Ti+2]. The van der Waals surface area contributed by atoms with Crippen molar-refractivity contribution in [2.24, 2.45) is 0 Å². The maximum Gasteiger partial charge on any atom is 2.00 e. The predicted molar refractivity (Wildman–Crippen MR) is 60.6 cm³/mol. The van der Waals surface area contributed by atoms with Crippen LogP contribution in [0.4, 0.5) is 0 Å². The summed E-state index contributed by atoms with van der Waals surface area (Å²) in [4.78, 5) is 0. The Bertz CT molecular complexity index is 311. The topological polar surface area (TPSA) is 0 Å². The smallest absolute Gasteiger partial charge is 0.176 e. The van der Waals surface area contributed by atoms with Gasteiger partial charge in [-0.2, -0.15) is 60.7 Å². The van der Waals surface area contributed by atoms with Gasteiger partial charge in [-0.3, -0.25) is 0 Å². The molecule has 0 atom stereocenters. The van der Waals surface area contributed by atoms with Crippen LogP contribution in [0, 0.1) is 12.1 Å². The standard InChI is InChI=1S/2C6H4Cl.Ti/c2*7-6-4-2-1-3-5-6;/h2*1-4H;/q2*-1;+2. The Hall–Kier alpha value is -0.266. The number of halogens is 2. The van der Waals surface area contributed by atoms with E-state index < -0.39 is 0 Å². The van der Waals surface area contributed by atoms with Crippen LogP contribution in [0.25, 0.3) is 0 Å². The van der Waals surface area contributed by atoms with Gasteiger partial charge in [0.25, 0.3) is 0 Å². The summed E-state index contributed by atoms with van der Waals surface area (Å²) in [5.41, 5.74) is 0. The van der Waals surface area contributed by atoms with Gasteiger partial charge in [0.2, 0.25) is 0 Å². The molecule has 2 aromatic carbocycles. The molecule has 0 aliphatic heterocycles. The van der Waals surface area contributed by atoms with E-state index in [0.29, 0.717) is 10.0 Å². The van der Waals surface area contributed by atoms with Crippen LogP contribution in [0.15, 0.2) is 48.5 Å². The van der Waals surface area contributed by atoms with Gasteiger partial charge in [0.05, 0.1) is 0 Å². The second-order valence-corrected chi connectivity index (χ2v) is 3.24. The van der Waals surface area contributed by atoms with Crippen molar-refractivity contribution < 1.29 is 21.7 Å². The number of hydrogen-bond acceptors (Lipinski definition) is 0. The van der Waals surface area contributed by atoms with Crippen LogP contribution in [0.5, 0.6) is 0 Å². The third-order valence-electron chi connectivity index (χ3n) is 1.34. The first kappa shape index (κ1) is 14.7. The molecule has 0 saturated heterocycles. The van der Waals surface area contributed by atoms with Crippen LogP contribution >= 0.6 is 23.2 Å². The first-order chi connectivity index (χ1) is 6.79. The molecule has 0 unspecified atom stereocenters. The summed E-state index contributed by atoms with van der Waals surface area (Å²) in [6.45, 7) is 0. The third kappa shape index (κ3) is 7.64.